The number of aryl methyl sites for hydroxylation is 1. The summed E-state index contributed by atoms with van der Waals surface area (Å²) in [5.41, 5.74) is 0.686. The highest BCUT2D eigenvalue weighted by atomic mass is 16.6. The minimum Gasteiger partial charge on any atom is -0.459 e. The van der Waals surface area contributed by atoms with Gasteiger partial charge in [-0.15, -0.1) is 0 Å². The maximum absolute atomic E-state index is 12.5. The molecule has 2 unspecified atom stereocenters. The minimum absolute atomic E-state index is 0.225. The van der Waals surface area contributed by atoms with E-state index in [0.717, 1.165) is 0 Å². The van der Waals surface area contributed by atoms with Crippen molar-refractivity contribution < 1.29 is 23.9 Å². The number of esters is 1. The second-order valence-electron chi connectivity index (χ2n) is 8.94. The summed E-state index contributed by atoms with van der Waals surface area (Å²) in [6.45, 7) is 10.3. The number of carbonyl (C=O) groups is 4. The number of unbranched alkanes of at least 4 members (excludes halogenated alkanes) is 1. The molecule has 1 saturated heterocycles. The zero-order chi connectivity index (χ0) is 23.6. The largest absolute Gasteiger partial charge is 0.459 e. The molecule has 1 amide bonds. The Morgan fingerprint density at radius 3 is 2.19 bits per heavy atom. The third kappa shape index (κ3) is 9.03. The molecule has 1 aliphatic rings. The summed E-state index contributed by atoms with van der Waals surface area (Å²) < 4.78 is 5.15. The lowest BCUT2D eigenvalue weighted by atomic mass is 9.93. The van der Waals surface area contributed by atoms with Crippen LogP contribution in [-0.4, -0.2) is 46.5 Å². The van der Waals surface area contributed by atoms with E-state index in [1.807, 2.05) is 0 Å². The van der Waals surface area contributed by atoms with Gasteiger partial charge in [-0.05, 0) is 58.9 Å². The standard InChI is InChI=1S/C15H23NO5.C10H14/c1-9(17)12(14(20)21-15(3,4)5)13(19)11-7-6-8-16(11)10(2)18;1-2-3-7-10-8-5-4-6-9-10/h11-12H,6-8H2,1-5H3;4-6,8-9H,2-3,7H2,1H3. The molecule has 1 aromatic carbocycles. The van der Waals surface area contributed by atoms with Gasteiger partial charge >= 0.3 is 5.97 Å². The molecule has 0 spiro atoms. The van der Waals surface area contributed by atoms with Crippen molar-refractivity contribution >= 4 is 23.4 Å². The van der Waals surface area contributed by atoms with Crippen molar-refractivity contribution in [2.24, 2.45) is 5.92 Å². The van der Waals surface area contributed by atoms with Crippen molar-refractivity contribution in [3.05, 3.63) is 35.9 Å². The number of ketones is 2. The van der Waals surface area contributed by atoms with Gasteiger partial charge in [-0.2, -0.15) is 0 Å². The van der Waals surface area contributed by atoms with Gasteiger partial charge in [0.15, 0.2) is 17.5 Å². The van der Waals surface area contributed by atoms with Gasteiger partial charge < -0.3 is 9.64 Å². The van der Waals surface area contributed by atoms with Crippen LogP contribution in [0.1, 0.15) is 72.8 Å². The van der Waals surface area contributed by atoms with Gasteiger partial charge in [-0.1, -0.05) is 43.7 Å². The number of benzene rings is 1. The average Bonchev–Trinajstić information content (AvgIpc) is 3.16. The van der Waals surface area contributed by atoms with Crippen molar-refractivity contribution in [2.75, 3.05) is 6.54 Å². The number of amides is 1. The lowest BCUT2D eigenvalue weighted by molar-refractivity contribution is -0.165. The first-order valence-electron chi connectivity index (χ1n) is 11.1. The van der Waals surface area contributed by atoms with Crippen molar-refractivity contribution in [3.63, 3.8) is 0 Å². The minimum atomic E-state index is -1.45. The average molecular weight is 432 g/mol. The highest BCUT2D eigenvalue weighted by molar-refractivity contribution is 6.18. The van der Waals surface area contributed by atoms with E-state index in [9.17, 15) is 19.2 Å². The fourth-order valence-corrected chi connectivity index (χ4v) is 3.50. The highest BCUT2D eigenvalue weighted by Gasteiger charge is 2.43. The van der Waals surface area contributed by atoms with Crippen molar-refractivity contribution in [3.8, 4) is 0 Å². The second-order valence-corrected chi connectivity index (χ2v) is 8.94. The van der Waals surface area contributed by atoms with E-state index in [0.29, 0.717) is 19.4 Å². The molecule has 0 aromatic heterocycles. The predicted molar refractivity (Wildman–Crippen MR) is 120 cm³/mol. The normalized spacial score (nSPS) is 16.7. The Morgan fingerprint density at radius 1 is 1.10 bits per heavy atom. The molecule has 1 aliphatic heterocycles. The van der Waals surface area contributed by atoms with Crippen molar-refractivity contribution in [1.29, 1.82) is 0 Å². The van der Waals surface area contributed by atoms with Crippen LogP contribution in [0, 0.1) is 5.92 Å². The number of ether oxygens (including phenoxy) is 1. The number of rotatable bonds is 7. The van der Waals surface area contributed by atoms with E-state index in [1.54, 1.807) is 20.8 Å². The smallest absolute Gasteiger partial charge is 0.324 e. The molecule has 0 saturated carbocycles. The molecule has 31 heavy (non-hydrogen) atoms. The maximum atomic E-state index is 12.5. The second kappa shape index (κ2) is 12.4. The quantitative estimate of drug-likeness (QED) is 0.479. The lowest BCUT2D eigenvalue weighted by Gasteiger charge is -2.26. The summed E-state index contributed by atoms with van der Waals surface area (Å²) in [4.78, 5) is 49.3. The van der Waals surface area contributed by atoms with Crippen LogP contribution < -0.4 is 0 Å². The Balaban J connectivity index is 0.000000399. The van der Waals surface area contributed by atoms with Crippen LogP contribution in [-0.2, 0) is 30.3 Å². The van der Waals surface area contributed by atoms with Crippen LogP contribution in [0.5, 0.6) is 0 Å². The zero-order valence-corrected chi connectivity index (χ0v) is 19.8. The third-order valence-corrected chi connectivity index (χ3v) is 4.98. The number of Topliss-reactive ketones (excluding diaryl/α,β-unsaturated/α-hetero) is 2. The molecule has 1 aromatic rings. The molecule has 6 nitrogen and oxygen atoms in total. The lowest BCUT2D eigenvalue weighted by Crippen LogP contribution is -2.47. The van der Waals surface area contributed by atoms with Gasteiger partial charge in [0.1, 0.15) is 5.60 Å². The first-order valence-corrected chi connectivity index (χ1v) is 11.1. The van der Waals surface area contributed by atoms with E-state index in [-0.39, 0.29) is 5.91 Å². The van der Waals surface area contributed by atoms with Crippen LogP contribution in [0.25, 0.3) is 0 Å². The number of likely N-dealkylation sites (tertiary alicyclic amines) is 1. The fraction of sp³-hybridized carbons (Fsp3) is 0.600. The predicted octanol–water partition coefficient (Wildman–Crippen LogP) is 4.14. The number of hydrogen-bond acceptors (Lipinski definition) is 5. The number of carbonyl (C=O) groups excluding carboxylic acids is 4. The van der Waals surface area contributed by atoms with E-state index >= 15 is 0 Å². The van der Waals surface area contributed by atoms with Gasteiger partial charge in [-0.3, -0.25) is 19.2 Å². The van der Waals surface area contributed by atoms with E-state index in [2.05, 4.69) is 37.3 Å². The third-order valence-electron chi connectivity index (χ3n) is 4.98. The van der Waals surface area contributed by atoms with Gasteiger partial charge in [0.05, 0.1) is 6.04 Å². The van der Waals surface area contributed by atoms with Crippen LogP contribution in [0.2, 0.25) is 0 Å². The number of nitrogens with zero attached hydrogens (tertiary/aromatic N) is 1. The van der Waals surface area contributed by atoms with Crippen LogP contribution >= 0.6 is 0 Å². The Hall–Kier alpha value is -2.50. The molecule has 0 N–H and O–H groups in total. The molecule has 0 bridgehead atoms. The Bertz CT molecular complexity index is 751. The van der Waals surface area contributed by atoms with E-state index in [4.69, 9.17) is 4.74 Å². The monoisotopic (exact) mass is 431 g/mol. The van der Waals surface area contributed by atoms with Crippen LogP contribution in [0.3, 0.4) is 0 Å². The molecule has 2 atom stereocenters. The van der Waals surface area contributed by atoms with Crippen molar-refractivity contribution in [1.82, 2.24) is 4.90 Å². The summed E-state index contributed by atoms with van der Waals surface area (Å²) >= 11 is 0. The molecule has 1 fully saturated rings. The molecular formula is C25H37NO5. The van der Waals surface area contributed by atoms with Gasteiger partial charge in [0.25, 0.3) is 0 Å². The first-order chi connectivity index (χ1) is 14.5. The van der Waals surface area contributed by atoms with Gasteiger partial charge in [-0.25, -0.2) is 0 Å². The summed E-state index contributed by atoms with van der Waals surface area (Å²) in [6.07, 6.45) is 5.00. The molecule has 1 heterocycles. The Kier molecular flexibility index (Phi) is 10.6. The van der Waals surface area contributed by atoms with Gasteiger partial charge in [0.2, 0.25) is 5.91 Å². The van der Waals surface area contributed by atoms with Crippen LogP contribution in [0.15, 0.2) is 30.3 Å². The summed E-state index contributed by atoms with van der Waals surface area (Å²) in [7, 11) is 0. The maximum Gasteiger partial charge on any atom is 0.324 e. The van der Waals surface area contributed by atoms with E-state index in [1.165, 1.54) is 43.6 Å². The van der Waals surface area contributed by atoms with Crippen LogP contribution in [0.4, 0.5) is 0 Å². The summed E-state index contributed by atoms with van der Waals surface area (Å²) in [5.74, 6) is -3.60. The first kappa shape index (κ1) is 26.5. The van der Waals surface area contributed by atoms with Crippen molar-refractivity contribution in [2.45, 2.75) is 85.3 Å². The Labute approximate surface area is 186 Å². The Morgan fingerprint density at radius 2 is 1.71 bits per heavy atom. The summed E-state index contributed by atoms with van der Waals surface area (Å²) in [5, 5.41) is 0. The molecule has 0 aliphatic carbocycles. The fourth-order valence-electron chi connectivity index (χ4n) is 3.50. The van der Waals surface area contributed by atoms with E-state index < -0.39 is 35.1 Å². The number of hydrogen-bond donors (Lipinski definition) is 0. The summed E-state index contributed by atoms with van der Waals surface area (Å²) in [6, 6.07) is 9.94. The molecule has 2 rings (SSSR count). The SMILES string of the molecule is CC(=O)C(C(=O)OC(C)(C)C)C(=O)C1CCCN1C(C)=O.CCCCc1ccccc1. The topological polar surface area (TPSA) is 80.8 Å². The molecule has 6 heteroatoms. The zero-order valence-electron chi connectivity index (χ0n) is 19.8. The highest BCUT2D eigenvalue weighted by Crippen LogP contribution is 2.23. The molecule has 0 radical (unpaired) electrons. The van der Waals surface area contributed by atoms with Gasteiger partial charge in [0, 0.05) is 13.5 Å². The molecular weight excluding hydrogens is 394 g/mol. The molecule has 172 valence electrons.